The van der Waals surface area contributed by atoms with Crippen LogP contribution in [0.1, 0.15) is 36.5 Å². The number of benzene rings is 3. The number of amides is 1. The number of carboxylic acids is 1. The van der Waals surface area contributed by atoms with Crippen molar-refractivity contribution in [1.29, 1.82) is 0 Å². The lowest BCUT2D eigenvalue weighted by atomic mass is 10.0. The smallest absolute Gasteiger partial charge is 0.352 e. The minimum Gasteiger partial charge on any atom is -0.477 e. The van der Waals surface area contributed by atoms with Crippen molar-refractivity contribution in [2.45, 2.75) is 26.2 Å². The van der Waals surface area contributed by atoms with Crippen LogP contribution < -0.4 is 10.1 Å². The van der Waals surface area contributed by atoms with Crippen LogP contribution in [-0.2, 0) is 16.0 Å². The topological polar surface area (TPSA) is 75.6 Å². The third kappa shape index (κ3) is 6.56. The van der Waals surface area contributed by atoms with Gasteiger partial charge in [0.05, 0.1) is 10.9 Å². The predicted molar refractivity (Wildman–Crippen MR) is 129 cm³/mol. The second-order valence-electron chi connectivity index (χ2n) is 7.59. The van der Waals surface area contributed by atoms with Crippen molar-refractivity contribution in [3.8, 4) is 11.5 Å². The van der Waals surface area contributed by atoms with Gasteiger partial charge in [-0.05, 0) is 68.9 Å². The normalized spacial score (nSPS) is 11.3. The fourth-order valence-electron chi connectivity index (χ4n) is 3.00. The summed E-state index contributed by atoms with van der Waals surface area (Å²) in [5.41, 5.74) is 2.45. The Hall–Kier alpha value is -3.38. The monoisotopic (exact) mass is 493 g/mol. The van der Waals surface area contributed by atoms with Crippen LogP contribution in [0, 0.1) is 0 Å². The zero-order valence-electron chi connectivity index (χ0n) is 17.8. The van der Waals surface area contributed by atoms with E-state index in [-0.39, 0.29) is 18.0 Å². The van der Waals surface area contributed by atoms with E-state index >= 15 is 0 Å². The maximum Gasteiger partial charge on any atom is 0.352 e. The Morgan fingerprint density at radius 2 is 1.66 bits per heavy atom. The highest BCUT2D eigenvalue weighted by atomic mass is 79.9. The molecule has 0 saturated heterocycles. The summed E-state index contributed by atoms with van der Waals surface area (Å²) in [4.78, 5) is 24.0. The third-order valence-corrected chi connectivity index (χ3v) is 5.43. The largest absolute Gasteiger partial charge is 0.477 e. The number of halogens is 1. The maximum absolute atomic E-state index is 12.4. The van der Waals surface area contributed by atoms with Crippen LogP contribution in [-0.4, -0.2) is 17.0 Å². The van der Waals surface area contributed by atoms with Crippen LogP contribution in [0.25, 0.3) is 6.08 Å². The van der Waals surface area contributed by atoms with E-state index in [4.69, 9.17) is 4.74 Å². The highest BCUT2D eigenvalue weighted by Gasteiger charge is 2.13. The molecule has 0 atom stereocenters. The van der Waals surface area contributed by atoms with Crippen LogP contribution in [0.4, 0.5) is 0 Å². The molecule has 0 radical (unpaired) electrons. The zero-order valence-corrected chi connectivity index (χ0v) is 19.4. The van der Waals surface area contributed by atoms with Crippen molar-refractivity contribution in [2.75, 3.05) is 0 Å². The van der Waals surface area contributed by atoms with E-state index in [1.54, 1.807) is 24.3 Å². The van der Waals surface area contributed by atoms with E-state index in [1.807, 2.05) is 48.5 Å². The van der Waals surface area contributed by atoms with Gasteiger partial charge < -0.3 is 15.2 Å². The van der Waals surface area contributed by atoms with E-state index in [9.17, 15) is 14.7 Å². The number of carbonyl (C=O) groups excluding carboxylic acids is 1. The molecule has 3 aromatic rings. The molecule has 0 unspecified atom stereocenters. The zero-order chi connectivity index (χ0) is 23.1. The Labute approximate surface area is 195 Å². The molecule has 6 heteroatoms. The molecule has 1 amide bonds. The lowest BCUT2D eigenvalue weighted by Crippen LogP contribution is -2.28. The molecule has 5 nitrogen and oxygen atoms in total. The second-order valence-corrected chi connectivity index (χ2v) is 8.44. The van der Waals surface area contributed by atoms with Crippen molar-refractivity contribution < 1.29 is 19.4 Å². The molecule has 0 aliphatic rings. The van der Waals surface area contributed by atoms with Crippen molar-refractivity contribution in [2.24, 2.45) is 0 Å². The highest BCUT2D eigenvalue weighted by molar-refractivity contribution is 9.10. The van der Waals surface area contributed by atoms with Gasteiger partial charge in [0.1, 0.15) is 17.2 Å². The molecule has 3 aromatic carbocycles. The summed E-state index contributed by atoms with van der Waals surface area (Å²) >= 11 is 3.43. The summed E-state index contributed by atoms with van der Waals surface area (Å²) in [6.07, 6.45) is 1.52. The number of aliphatic carboxylic acids is 1. The van der Waals surface area contributed by atoms with Gasteiger partial charge in [0.15, 0.2) is 0 Å². The molecule has 0 saturated carbocycles. The molecule has 0 heterocycles. The number of hydrogen-bond donors (Lipinski definition) is 2. The van der Waals surface area contributed by atoms with Gasteiger partial charge in [-0.25, -0.2) is 4.79 Å². The first kappa shape index (κ1) is 23.3. The van der Waals surface area contributed by atoms with Gasteiger partial charge >= 0.3 is 5.97 Å². The molecular formula is C26H24BrNO4. The summed E-state index contributed by atoms with van der Waals surface area (Å²) in [6, 6.07) is 22.2. The molecule has 0 bridgehead atoms. The van der Waals surface area contributed by atoms with E-state index in [0.717, 1.165) is 10.0 Å². The van der Waals surface area contributed by atoms with Crippen molar-refractivity contribution in [1.82, 2.24) is 5.32 Å². The summed E-state index contributed by atoms with van der Waals surface area (Å²) < 4.78 is 6.65. The first-order valence-electron chi connectivity index (χ1n) is 10.2. The Kier molecular flexibility index (Phi) is 7.84. The molecule has 32 heavy (non-hydrogen) atoms. The first-order chi connectivity index (χ1) is 15.3. The average molecular weight is 494 g/mol. The minimum atomic E-state index is -1.21. The fourth-order valence-corrected chi connectivity index (χ4v) is 3.37. The number of nitrogens with one attached hydrogen (secondary N) is 1. The number of carbonyl (C=O) groups is 2. The van der Waals surface area contributed by atoms with Crippen LogP contribution in [0.15, 0.2) is 83.0 Å². The van der Waals surface area contributed by atoms with E-state index < -0.39 is 5.97 Å². The Morgan fingerprint density at radius 1 is 1.00 bits per heavy atom. The van der Waals surface area contributed by atoms with Gasteiger partial charge in [-0.2, -0.15) is 0 Å². The van der Waals surface area contributed by atoms with E-state index in [0.29, 0.717) is 23.0 Å². The standard InChI is InChI=1S/C26H24BrNO4/c1-17(2)20-11-7-19(8-12-20)16-25(29)28-23(26(30)31)15-18-9-13-21(14-10-18)32-24-6-4-3-5-22(24)27/h3-15,17H,16H2,1-2H3,(H,28,29)(H,30,31). The number of hydrogen-bond acceptors (Lipinski definition) is 3. The van der Waals surface area contributed by atoms with Crippen LogP contribution >= 0.6 is 15.9 Å². The average Bonchev–Trinajstić information content (AvgIpc) is 2.76. The highest BCUT2D eigenvalue weighted by Crippen LogP contribution is 2.29. The molecule has 3 rings (SSSR count). The molecule has 0 fully saturated rings. The van der Waals surface area contributed by atoms with Gasteiger partial charge in [-0.15, -0.1) is 0 Å². The summed E-state index contributed by atoms with van der Waals surface area (Å²) in [6.45, 7) is 4.20. The van der Waals surface area contributed by atoms with Gasteiger partial charge in [0.25, 0.3) is 0 Å². The van der Waals surface area contributed by atoms with Gasteiger partial charge in [-0.1, -0.05) is 62.4 Å². The van der Waals surface area contributed by atoms with Crippen molar-refractivity contribution in [3.63, 3.8) is 0 Å². The van der Waals surface area contributed by atoms with Gasteiger partial charge in [0.2, 0.25) is 5.91 Å². The summed E-state index contributed by atoms with van der Waals surface area (Å²) in [5, 5.41) is 12.0. The lowest BCUT2D eigenvalue weighted by molar-refractivity contribution is -0.134. The maximum atomic E-state index is 12.4. The van der Waals surface area contributed by atoms with Crippen molar-refractivity contribution in [3.05, 3.63) is 99.7 Å². The molecular weight excluding hydrogens is 470 g/mol. The van der Waals surface area contributed by atoms with Gasteiger partial charge in [-0.3, -0.25) is 4.79 Å². The molecule has 2 N–H and O–H groups in total. The molecule has 0 aliphatic carbocycles. The Morgan fingerprint density at radius 3 is 2.25 bits per heavy atom. The number of rotatable bonds is 8. The lowest BCUT2D eigenvalue weighted by Gasteiger charge is -2.09. The molecule has 0 aromatic heterocycles. The second kappa shape index (κ2) is 10.8. The molecule has 0 spiro atoms. The first-order valence-corrected chi connectivity index (χ1v) is 11.0. The van der Waals surface area contributed by atoms with Crippen molar-refractivity contribution >= 4 is 33.9 Å². The van der Waals surface area contributed by atoms with Crippen LogP contribution in [0.5, 0.6) is 11.5 Å². The quantitative estimate of drug-likeness (QED) is 0.369. The number of para-hydroxylation sites is 1. The summed E-state index contributed by atoms with van der Waals surface area (Å²) in [7, 11) is 0. The molecule has 164 valence electrons. The fraction of sp³-hybridized carbons (Fsp3) is 0.154. The van der Waals surface area contributed by atoms with Gasteiger partial charge in [0, 0.05) is 0 Å². The Bertz CT molecular complexity index is 1120. The number of ether oxygens (including phenoxy) is 1. The van der Waals surface area contributed by atoms with E-state index in [2.05, 4.69) is 35.1 Å². The summed E-state index contributed by atoms with van der Waals surface area (Å²) in [5.74, 6) is 0.104. The number of carboxylic acid groups (broad SMARTS) is 1. The minimum absolute atomic E-state index is 0.0989. The third-order valence-electron chi connectivity index (χ3n) is 4.77. The van der Waals surface area contributed by atoms with Crippen LogP contribution in [0.3, 0.4) is 0 Å². The predicted octanol–water partition coefficient (Wildman–Crippen LogP) is 6.15. The SMILES string of the molecule is CC(C)c1ccc(CC(=O)NC(=Cc2ccc(Oc3ccccc3Br)cc2)C(=O)O)cc1. The molecule has 0 aliphatic heterocycles. The van der Waals surface area contributed by atoms with Crippen LogP contribution in [0.2, 0.25) is 0 Å². The Balaban J connectivity index is 1.66. The van der Waals surface area contributed by atoms with E-state index in [1.165, 1.54) is 11.6 Å².